The summed E-state index contributed by atoms with van der Waals surface area (Å²) < 4.78 is 6.08. The fourth-order valence-corrected chi connectivity index (χ4v) is 3.34. The highest BCUT2D eigenvalue weighted by molar-refractivity contribution is 7.71. The summed E-state index contributed by atoms with van der Waals surface area (Å²) in [4.78, 5) is 31.6. The number of piperazine rings is 1. The van der Waals surface area contributed by atoms with Gasteiger partial charge in [0.1, 0.15) is 10.2 Å². The highest BCUT2D eigenvalue weighted by atomic mass is 32.1. The Bertz CT molecular complexity index is 998. The number of hydrogen-bond donors (Lipinski definition) is 1. The van der Waals surface area contributed by atoms with Crippen LogP contribution in [0.4, 0.5) is 0 Å². The molecule has 1 aliphatic heterocycles. The molecule has 1 saturated heterocycles. The predicted molar refractivity (Wildman–Crippen MR) is 99.6 cm³/mol. The lowest BCUT2D eigenvalue weighted by Gasteiger charge is -2.34. The van der Waals surface area contributed by atoms with Crippen LogP contribution in [0.15, 0.2) is 53.1 Å². The maximum atomic E-state index is 12.7. The molecular formula is C19H17N3O3S. The molecule has 2 amide bonds. The van der Waals surface area contributed by atoms with Crippen molar-refractivity contribution in [3.05, 3.63) is 64.6 Å². The number of fused-ring (bicyclic) bond motifs is 1. The van der Waals surface area contributed by atoms with Crippen molar-refractivity contribution in [3.8, 4) is 0 Å². The van der Waals surface area contributed by atoms with Crippen LogP contribution in [0.1, 0.15) is 20.9 Å². The normalized spacial score (nSPS) is 14.6. The summed E-state index contributed by atoms with van der Waals surface area (Å²) in [6, 6.07) is 12.8. The van der Waals surface area contributed by atoms with E-state index in [9.17, 15) is 9.59 Å². The van der Waals surface area contributed by atoms with Gasteiger partial charge in [-0.25, -0.2) is 0 Å². The standard InChI is InChI=1S/C19H17N3O3S/c23-18(14-5-3-7-20-17(14)26)21-8-10-22(11-9-21)19(24)16-12-13-4-1-2-6-15(13)25-16/h1-7,12H,8-11H2,(H,20,26). The molecule has 26 heavy (non-hydrogen) atoms. The topological polar surface area (TPSA) is 69.6 Å². The molecule has 1 fully saturated rings. The maximum absolute atomic E-state index is 12.7. The van der Waals surface area contributed by atoms with Crippen LogP contribution >= 0.6 is 12.2 Å². The number of aromatic amines is 1. The van der Waals surface area contributed by atoms with Gasteiger partial charge < -0.3 is 19.2 Å². The average Bonchev–Trinajstić information content (AvgIpc) is 3.11. The summed E-state index contributed by atoms with van der Waals surface area (Å²) in [5, 5.41) is 0.906. The van der Waals surface area contributed by atoms with Crippen molar-refractivity contribution in [2.45, 2.75) is 0 Å². The van der Waals surface area contributed by atoms with Crippen LogP contribution in [-0.4, -0.2) is 52.8 Å². The Labute approximate surface area is 155 Å². The summed E-state index contributed by atoms with van der Waals surface area (Å²) in [6.07, 6.45) is 1.70. The molecule has 3 heterocycles. The lowest BCUT2D eigenvalue weighted by Crippen LogP contribution is -2.50. The molecule has 0 spiro atoms. The van der Waals surface area contributed by atoms with Crippen LogP contribution in [0, 0.1) is 4.64 Å². The Morgan fingerprint density at radius 3 is 2.35 bits per heavy atom. The number of H-pyrrole nitrogens is 1. The third-order valence-electron chi connectivity index (χ3n) is 4.54. The van der Waals surface area contributed by atoms with Crippen molar-refractivity contribution in [2.75, 3.05) is 26.2 Å². The van der Waals surface area contributed by atoms with Crippen LogP contribution < -0.4 is 0 Å². The number of aromatic nitrogens is 1. The second-order valence-electron chi connectivity index (χ2n) is 6.15. The molecule has 7 heteroatoms. The molecule has 4 rings (SSSR count). The molecule has 0 aliphatic carbocycles. The molecule has 0 atom stereocenters. The van der Waals surface area contributed by atoms with Gasteiger partial charge >= 0.3 is 0 Å². The minimum Gasteiger partial charge on any atom is -0.451 e. The first-order chi connectivity index (χ1) is 12.6. The van der Waals surface area contributed by atoms with Crippen molar-refractivity contribution in [3.63, 3.8) is 0 Å². The van der Waals surface area contributed by atoms with Gasteiger partial charge in [0.05, 0.1) is 5.56 Å². The van der Waals surface area contributed by atoms with Gasteiger partial charge in [0.25, 0.3) is 11.8 Å². The molecule has 1 aromatic carbocycles. The number of hydrogen-bond acceptors (Lipinski definition) is 4. The Morgan fingerprint density at radius 1 is 0.962 bits per heavy atom. The second kappa shape index (κ2) is 6.76. The second-order valence-corrected chi connectivity index (χ2v) is 6.55. The van der Waals surface area contributed by atoms with Crippen LogP contribution in [0.5, 0.6) is 0 Å². The number of benzene rings is 1. The molecule has 1 aliphatic rings. The average molecular weight is 367 g/mol. The van der Waals surface area contributed by atoms with Crippen molar-refractivity contribution in [1.82, 2.24) is 14.8 Å². The van der Waals surface area contributed by atoms with Gasteiger partial charge in [-0.2, -0.15) is 0 Å². The molecule has 2 aromatic heterocycles. The van der Waals surface area contributed by atoms with Crippen molar-refractivity contribution < 1.29 is 14.0 Å². The Balaban J connectivity index is 1.44. The molecule has 132 valence electrons. The largest absolute Gasteiger partial charge is 0.451 e. The van der Waals surface area contributed by atoms with Crippen LogP contribution in [0.3, 0.4) is 0 Å². The van der Waals surface area contributed by atoms with E-state index in [4.69, 9.17) is 16.6 Å². The van der Waals surface area contributed by atoms with E-state index >= 15 is 0 Å². The number of pyridine rings is 1. The summed E-state index contributed by atoms with van der Waals surface area (Å²) in [7, 11) is 0. The summed E-state index contributed by atoms with van der Waals surface area (Å²) >= 11 is 5.18. The first-order valence-corrected chi connectivity index (χ1v) is 8.79. The Kier molecular flexibility index (Phi) is 4.30. The van der Waals surface area contributed by atoms with E-state index in [-0.39, 0.29) is 11.8 Å². The third-order valence-corrected chi connectivity index (χ3v) is 4.88. The van der Waals surface area contributed by atoms with Crippen molar-refractivity contribution in [2.24, 2.45) is 0 Å². The zero-order chi connectivity index (χ0) is 18.1. The van der Waals surface area contributed by atoms with Crippen LogP contribution in [0.2, 0.25) is 0 Å². The Hall–Kier alpha value is -2.93. The van der Waals surface area contributed by atoms with Gasteiger partial charge in [-0.05, 0) is 24.3 Å². The van der Waals surface area contributed by atoms with E-state index in [2.05, 4.69) is 4.98 Å². The number of para-hydroxylation sites is 1. The van der Waals surface area contributed by atoms with Crippen molar-refractivity contribution in [1.29, 1.82) is 0 Å². The molecule has 6 nitrogen and oxygen atoms in total. The number of nitrogens with zero attached hydrogens (tertiary/aromatic N) is 2. The zero-order valence-corrected chi connectivity index (χ0v) is 14.8. The first-order valence-electron chi connectivity index (χ1n) is 8.38. The molecule has 0 radical (unpaired) electrons. The summed E-state index contributed by atoms with van der Waals surface area (Å²) in [5.74, 6) is 0.0736. The van der Waals surface area contributed by atoms with E-state index in [1.54, 1.807) is 34.2 Å². The zero-order valence-electron chi connectivity index (χ0n) is 14.0. The predicted octanol–water partition coefficient (Wildman–Crippen LogP) is 3.09. The highest BCUT2D eigenvalue weighted by Gasteiger charge is 2.27. The number of carbonyl (C=O) groups is 2. The lowest BCUT2D eigenvalue weighted by molar-refractivity contribution is 0.0519. The SMILES string of the molecule is O=C(c1cc2ccccc2o1)N1CCN(C(=O)c2ccc[nH]c2=S)CC1. The van der Waals surface area contributed by atoms with E-state index < -0.39 is 0 Å². The maximum Gasteiger partial charge on any atom is 0.289 e. The smallest absolute Gasteiger partial charge is 0.289 e. The number of carbonyl (C=O) groups excluding carboxylic acids is 2. The van der Waals surface area contributed by atoms with E-state index in [1.165, 1.54) is 0 Å². The molecule has 0 saturated carbocycles. The molecule has 3 aromatic rings. The van der Waals surface area contributed by atoms with Gasteiger partial charge in [0.15, 0.2) is 5.76 Å². The molecule has 0 bridgehead atoms. The quantitative estimate of drug-likeness (QED) is 0.707. The molecular weight excluding hydrogens is 350 g/mol. The Morgan fingerprint density at radius 2 is 1.65 bits per heavy atom. The van der Waals surface area contributed by atoms with Gasteiger partial charge in [-0.1, -0.05) is 30.4 Å². The van der Waals surface area contributed by atoms with Gasteiger partial charge in [-0.15, -0.1) is 0 Å². The van der Waals surface area contributed by atoms with E-state index in [1.807, 2.05) is 24.3 Å². The highest BCUT2D eigenvalue weighted by Crippen LogP contribution is 2.21. The third kappa shape index (κ3) is 3.01. The van der Waals surface area contributed by atoms with Gasteiger partial charge in [0.2, 0.25) is 0 Å². The fourth-order valence-electron chi connectivity index (χ4n) is 3.12. The fraction of sp³-hybridized carbons (Fsp3) is 0.211. The van der Waals surface area contributed by atoms with E-state index in [0.717, 1.165) is 5.39 Å². The number of rotatable bonds is 2. The first kappa shape index (κ1) is 16.5. The molecule has 1 N–H and O–H groups in total. The lowest BCUT2D eigenvalue weighted by atomic mass is 10.2. The number of nitrogens with one attached hydrogen (secondary N) is 1. The monoisotopic (exact) mass is 367 g/mol. The molecule has 0 unspecified atom stereocenters. The van der Waals surface area contributed by atoms with Gasteiger partial charge in [-0.3, -0.25) is 9.59 Å². The number of furan rings is 1. The minimum atomic E-state index is -0.148. The van der Waals surface area contributed by atoms with Crippen LogP contribution in [-0.2, 0) is 0 Å². The summed E-state index contributed by atoms with van der Waals surface area (Å²) in [5.41, 5.74) is 1.18. The van der Waals surface area contributed by atoms with E-state index in [0.29, 0.717) is 47.7 Å². The van der Waals surface area contributed by atoms with Crippen LogP contribution in [0.25, 0.3) is 11.0 Å². The number of amides is 2. The minimum absolute atomic E-state index is 0.109. The summed E-state index contributed by atoms with van der Waals surface area (Å²) in [6.45, 7) is 1.86. The van der Waals surface area contributed by atoms with Crippen molar-refractivity contribution >= 4 is 35.0 Å². The van der Waals surface area contributed by atoms with Gasteiger partial charge in [0, 0.05) is 37.8 Å².